The highest BCUT2D eigenvalue weighted by atomic mass is 32.2. The molecule has 92 valence electrons. The van der Waals surface area contributed by atoms with Crippen molar-refractivity contribution in [3.05, 3.63) is 35.4 Å². The largest absolute Gasteiger partial charge is 0.230 e. The van der Waals surface area contributed by atoms with Crippen LogP contribution in [0, 0.1) is 18.3 Å². The first kappa shape index (κ1) is 13.7. The predicted octanol–water partition coefficient (Wildman–Crippen LogP) is 1.67. The summed E-state index contributed by atoms with van der Waals surface area (Å²) in [6.07, 6.45) is 0. The number of benzene rings is 1. The van der Waals surface area contributed by atoms with Crippen LogP contribution in [0.4, 0.5) is 0 Å². The smallest absolute Gasteiger partial charge is 0.211 e. The highest BCUT2D eigenvalue weighted by molar-refractivity contribution is 7.89. The SMILES string of the molecule is Cc1ccc(CN(C)S(=O)(=O)C(C)C#N)cc1. The highest BCUT2D eigenvalue weighted by Gasteiger charge is 2.25. The number of nitrogens with zero attached hydrogens (tertiary/aromatic N) is 2. The monoisotopic (exact) mass is 252 g/mol. The van der Waals surface area contributed by atoms with Crippen LogP contribution in [-0.4, -0.2) is 25.0 Å². The van der Waals surface area contributed by atoms with Gasteiger partial charge < -0.3 is 0 Å². The maximum atomic E-state index is 11.8. The second kappa shape index (κ2) is 5.30. The maximum absolute atomic E-state index is 11.8. The molecule has 0 amide bonds. The Bertz CT molecular complexity index is 514. The third-order valence-electron chi connectivity index (χ3n) is 2.59. The first-order chi connectivity index (χ1) is 7.87. The van der Waals surface area contributed by atoms with Crippen molar-refractivity contribution in [3.63, 3.8) is 0 Å². The Kier molecular flexibility index (Phi) is 4.27. The van der Waals surface area contributed by atoms with Crippen molar-refractivity contribution in [2.75, 3.05) is 7.05 Å². The van der Waals surface area contributed by atoms with Gasteiger partial charge in [-0.15, -0.1) is 0 Å². The maximum Gasteiger partial charge on any atom is 0.230 e. The van der Waals surface area contributed by atoms with E-state index in [0.29, 0.717) is 0 Å². The Morgan fingerprint density at radius 2 is 1.88 bits per heavy atom. The molecule has 0 radical (unpaired) electrons. The summed E-state index contributed by atoms with van der Waals surface area (Å²) in [5, 5.41) is 7.65. The van der Waals surface area contributed by atoms with Gasteiger partial charge in [0.05, 0.1) is 6.07 Å². The van der Waals surface area contributed by atoms with Crippen molar-refractivity contribution in [2.45, 2.75) is 25.6 Å². The average molecular weight is 252 g/mol. The molecular formula is C12H16N2O2S. The molecule has 0 N–H and O–H groups in total. The molecule has 0 aliphatic carbocycles. The van der Waals surface area contributed by atoms with Crippen molar-refractivity contribution >= 4 is 10.0 Å². The van der Waals surface area contributed by atoms with Crippen molar-refractivity contribution < 1.29 is 8.42 Å². The average Bonchev–Trinajstić information content (AvgIpc) is 2.30. The van der Waals surface area contributed by atoms with Crippen molar-refractivity contribution in [1.82, 2.24) is 4.31 Å². The summed E-state index contributed by atoms with van der Waals surface area (Å²) >= 11 is 0. The van der Waals surface area contributed by atoms with Gasteiger partial charge in [-0.05, 0) is 19.4 Å². The Labute approximate surface area is 103 Å². The summed E-state index contributed by atoms with van der Waals surface area (Å²) in [5.74, 6) is 0. The Hall–Kier alpha value is -1.38. The second-order valence-corrected chi connectivity index (χ2v) is 6.42. The zero-order chi connectivity index (χ0) is 13.1. The molecule has 0 aromatic heterocycles. The number of rotatable bonds is 4. The lowest BCUT2D eigenvalue weighted by atomic mass is 10.1. The fourth-order valence-electron chi connectivity index (χ4n) is 1.38. The van der Waals surface area contributed by atoms with Crippen LogP contribution in [0.3, 0.4) is 0 Å². The number of sulfonamides is 1. The molecule has 1 unspecified atom stereocenters. The normalized spacial score (nSPS) is 13.4. The van der Waals surface area contributed by atoms with Gasteiger partial charge in [-0.25, -0.2) is 8.42 Å². The second-order valence-electron chi connectivity index (χ2n) is 4.06. The summed E-state index contributed by atoms with van der Waals surface area (Å²) in [7, 11) is -2.04. The van der Waals surface area contributed by atoms with Crippen LogP contribution >= 0.6 is 0 Å². The fourth-order valence-corrected chi connectivity index (χ4v) is 2.38. The molecular weight excluding hydrogens is 236 g/mol. The number of hydrogen-bond donors (Lipinski definition) is 0. The number of nitriles is 1. The van der Waals surface area contributed by atoms with Crippen LogP contribution in [-0.2, 0) is 16.6 Å². The Balaban J connectivity index is 2.83. The van der Waals surface area contributed by atoms with Crippen LogP contribution in [0.5, 0.6) is 0 Å². The van der Waals surface area contributed by atoms with Gasteiger partial charge in [-0.1, -0.05) is 29.8 Å². The number of hydrogen-bond acceptors (Lipinski definition) is 3. The first-order valence-corrected chi connectivity index (χ1v) is 6.78. The molecule has 17 heavy (non-hydrogen) atoms. The van der Waals surface area contributed by atoms with Crippen LogP contribution in [0.25, 0.3) is 0 Å². The molecule has 0 saturated heterocycles. The Morgan fingerprint density at radius 3 is 2.35 bits per heavy atom. The van der Waals surface area contributed by atoms with E-state index >= 15 is 0 Å². The summed E-state index contributed by atoms with van der Waals surface area (Å²) < 4.78 is 24.9. The Morgan fingerprint density at radius 1 is 1.35 bits per heavy atom. The number of aryl methyl sites for hydroxylation is 1. The quantitative estimate of drug-likeness (QED) is 0.819. The van der Waals surface area contributed by atoms with Crippen LogP contribution in [0.1, 0.15) is 18.1 Å². The molecule has 0 aliphatic rings. The van der Waals surface area contributed by atoms with Gasteiger partial charge in [0.1, 0.15) is 0 Å². The summed E-state index contributed by atoms with van der Waals surface area (Å²) in [6.45, 7) is 3.65. The predicted molar refractivity (Wildman–Crippen MR) is 66.6 cm³/mol. The van der Waals surface area contributed by atoms with Gasteiger partial charge in [-0.2, -0.15) is 9.57 Å². The van der Waals surface area contributed by atoms with E-state index in [-0.39, 0.29) is 6.54 Å². The zero-order valence-electron chi connectivity index (χ0n) is 10.2. The van der Waals surface area contributed by atoms with E-state index in [4.69, 9.17) is 5.26 Å². The molecule has 1 rings (SSSR count). The molecule has 1 atom stereocenters. The molecule has 0 heterocycles. The highest BCUT2D eigenvalue weighted by Crippen LogP contribution is 2.12. The van der Waals surface area contributed by atoms with Crippen LogP contribution in [0.15, 0.2) is 24.3 Å². The van der Waals surface area contributed by atoms with Gasteiger partial charge in [-0.3, -0.25) is 0 Å². The molecule has 0 aliphatic heterocycles. The van der Waals surface area contributed by atoms with E-state index in [2.05, 4.69) is 0 Å². The molecule has 0 fully saturated rings. The standard InChI is InChI=1S/C12H16N2O2S/c1-10-4-6-12(7-5-10)9-14(3)17(15,16)11(2)8-13/h4-7,11H,9H2,1-3H3. The minimum atomic E-state index is -3.53. The van der Waals surface area contributed by atoms with Gasteiger partial charge in [0, 0.05) is 13.6 Å². The third-order valence-corrected chi connectivity index (χ3v) is 4.59. The summed E-state index contributed by atoms with van der Waals surface area (Å²) in [5.41, 5.74) is 2.04. The minimum Gasteiger partial charge on any atom is -0.211 e. The topological polar surface area (TPSA) is 61.2 Å². The van der Waals surface area contributed by atoms with Crippen LogP contribution < -0.4 is 0 Å². The lowest BCUT2D eigenvalue weighted by Gasteiger charge is -2.18. The van der Waals surface area contributed by atoms with Gasteiger partial charge in [0.25, 0.3) is 0 Å². The van der Waals surface area contributed by atoms with Crippen molar-refractivity contribution in [2.24, 2.45) is 0 Å². The summed E-state index contributed by atoms with van der Waals surface area (Å²) in [6, 6.07) is 9.39. The van der Waals surface area contributed by atoms with Gasteiger partial charge >= 0.3 is 0 Å². The van der Waals surface area contributed by atoms with E-state index in [0.717, 1.165) is 11.1 Å². The van der Waals surface area contributed by atoms with Crippen molar-refractivity contribution in [1.29, 1.82) is 5.26 Å². The first-order valence-electron chi connectivity index (χ1n) is 5.28. The van der Waals surface area contributed by atoms with E-state index < -0.39 is 15.3 Å². The minimum absolute atomic E-state index is 0.286. The zero-order valence-corrected chi connectivity index (χ0v) is 11.0. The molecule has 4 nitrogen and oxygen atoms in total. The van der Waals surface area contributed by atoms with Gasteiger partial charge in [0.15, 0.2) is 5.25 Å². The summed E-state index contributed by atoms with van der Waals surface area (Å²) in [4.78, 5) is 0. The van der Waals surface area contributed by atoms with E-state index in [1.165, 1.54) is 18.3 Å². The lowest BCUT2D eigenvalue weighted by molar-refractivity contribution is 0.463. The molecule has 0 bridgehead atoms. The van der Waals surface area contributed by atoms with Gasteiger partial charge in [0.2, 0.25) is 10.0 Å². The lowest BCUT2D eigenvalue weighted by Crippen LogP contribution is -2.33. The fraction of sp³-hybridized carbons (Fsp3) is 0.417. The molecule has 0 saturated carbocycles. The van der Waals surface area contributed by atoms with Crippen molar-refractivity contribution in [3.8, 4) is 6.07 Å². The van der Waals surface area contributed by atoms with E-state index in [9.17, 15) is 8.42 Å². The van der Waals surface area contributed by atoms with E-state index in [1.54, 1.807) is 6.07 Å². The van der Waals surface area contributed by atoms with E-state index in [1.807, 2.05) is 31.2 Å². The molecule has 5 heteroatoms. The molecule has 0 spiro atoms. The third kappa shape index (κ3) is 3.29. The molecule has 1 aromatic rings. The molecule has 1 aromatic carbocycles. The van der Waals surface area contributed by atoms with Crippen LogP contribution in [0.2, 0.25) is 0 Å².